The maximum atomic E-state index is 13.5. The van der Waals surface area contributed by atoms with Crippen LogP contribution in [-0.2, 0) is 14.3 Å². The predicted molar refractivity (Wildman–Crippen MR) is 122 cm³/mol. The number of esters is 1. The zero-order chi connectivity index (χ0) is 24.5. The standard InChI is InChI=1S/C24H22Cl2FNO6/c1-32-22(31)17-6-15(2-4-18(17)25)33-9-14(29)8-23-11-24(12-23,13-23)28-21(30)10-34-16-3-5-19(26)20(27)7-16/h2-7H,8-13H2,1H3,(H,28,30). The number of hydrogen-bond acceptors (Lipinski definition) is 6. The van der Waals surface area contributed by atoms with Crippen LogP contribution in [0.25, 0.3) is 0 Å². The minimum absolute atomic E-state index is 0.0185. The van der Waals surface area contributed by atoms with Crippen molar-refractivity contribution in [2.24, 2.45) is 5.41 Å². The van der Waals surface area contributed by atoms with E-state index in [9.17, 15) is 18.8 Å². The van der Waals surface area contributed by atoms with E-state index >= 15 is 0 Å². The zero-order valence-electron chi connectivity index (χ0n) is 18.3. The molecule has 2 aromatic rings. The molecule has 0 radical (unpaired) electrons. The summed E-state index contributed by atoms with van der Waals surface area (Å²) in [6.07, 6.45) is 2.48. The summed E-state index contributed by atoms with van der Waals surface area (Å²) in [5.74, 6) is -1.01. The van der Waals surface area contributed by atoms with Crippen molar-refractivity contribution < 1.29 is 33.0 Å². The highest BCUT2D eigenvalue weighted by Crippen LogP contribution is 2.69. The van der Waals surface area contributed by atoms with E-state index in [1.165, 1.54) is 31.4 Å². The summed E-state index contributed by atoms with van der Waals surface area (Å²) >= 11 is 11.6. The van der Waals surface area contributed by atoms with E-state index in [-0.39, 0.29) is 57.2 Å². The van der Waals surface area contributed by atoms with Crippen LogP contribution in [0, 0.1) is 11.2 Å². The molecule has 34 heavy (non-hydrogen) atoms. The Labute approximate surface area is 205 Å². The van der Waals surface area contributed by atoms with E-state index in [0.29, 0.717) is 31.4 Å². The average Bonchev–Trinajstić information content (AvgIpc) is 2.76. The molecule has 0 aromatic heterocycles. The Balaban J connectivity index is 1.19. The summed E-state index contributed by atoms with van der Waals surface area (Å²) < 4.78 is 29.0. The smallest absolute Gasteiger partial charge is 0.339 e. The van der Waals surface area contributed by atoms with Crippen LogP contribution in [0.15, 0.2) is 36.4 Å². The Kier molecular flexibility index (Phi) is 6.73. The van der Waals surface area contributed by atoms with E-state index in [1.807, 2.05) is 0 Å². The van der Waals surface area contributed by atoms with Gasteiger partial charge in [-0.15, -0.1) is 0 Å². The van der Waals surface area contributed by atoms with Crippen LogP contribution in [0.1, 0.15) is 36.0 Å². The molecule has 0 heterocycles. The van der Waals surface area contributed by atoms with Crippen LogP contribution in [0.5, 0.6) is 11.5 Å². The first-order chi connectivity index (χ1) is 16.1. The maximum absolute atomic E-state index is 13.5. The molecule has 10 heteroatoms. The van der Waals surface area contributed by atoms with Gasteiger partial charge in [-0.1, -0.05) is 23.2 Å². The number of halogens is 3. The molecule has 3 saturated carbocycles. The fraction of sp³-hybridized carbons (Fsp3) is 0.375. The van der Waals surface area contributed by atoms with Gasteiger partial charge in [-0.05, 0) is 55.0 Å². The second-order valence-electron chi connectivity index (χ2n) is 8.86. The molecular formula is C24H22Cl2FNO6. The van der Waals surface area contributed by atoms with Gasteiger partial charge >= 0.3 is 5.97 Å². The molecule has 0 aliphatic heterocycles. The SMILES string of the molecule is COC(=O)c1cc(OCC(=O)CC23CC(NC(=O)COc4ccc(Cl)c(F)c4)(C2)C3)ccc1Cl. The number of Topliss-reactive ketones (excluding diaryl/α,β-unsaturated/α-hetero) is 1. The second kappa shape index (κ2) is 9.43. The fourth-order valence-electron chi connectivity index (χ4n) is 4.86. The van der Waals surface area contributed by atoms with Crippen LogP contribution in [0.2, 0.25) is 10.0 Å². The topological polar surface area (TPSA) is 90.9 Å². The van der Waals surface area contributed by atoms with Crippen molar-refractivity contribution >= 4 is 40.9 Å². The van der Waals surface area contributed by atoms with Crippen LogP contribution in [0.4, 0.5) is 4.39 Å². The Morgan fingerprint density at radius 1 is 0.971 bits per heavy atom. The summed E-state index contributed by atoms with van der Waals surface area (Å²) in [7, 11) is 1.25. The molecule has 0 spiro atoms. The summed E-state index contributed by atoms with van der Waals surface area (Å²) in [5, 5.41) is 3.17. The number of carbonyl (C=O) groups excluding carboxylic acids is 3. The first-order valence-corrected chi connectivity index (χ1v) is 11.3. The van der Waals surface area contributed by atoms with Gasteiger partial charge < -0.3 is 19.5 Å². The number of ketones is 1. The zero-order valence-corrected chi connectivity index (χ0v) is 19.8. The molecule has 180 valence electrons. The summed E-state index contributed by atoms with van der Waals surface area (Å²) in [6, 6.07) is 8.50. The van der Waals surface area contributed by atoms with Gasteiger partial charge in [0.25, 0.3) is 5.91 Å². The molecule has 7 nitrogen and oxygen atoms in total. The fourth-order valence-corrected chi connectivity index (χ4v) is 5.17. The molecule has 2 aromatic carbocycles. The first-order valence-electron chi connectivity index (χ1n) is 10.5. The van der Waals surface area contributed by atoms with Crippen molar-refractivity contribution in [1.29, 1.82) is 0 Å². The lowest BCUT2D eigenvalue weighted by Crippen LogP contribution is -2.75. The van der Waals surface area contributed by atoms with Gasteiger partial charge in [0.2, 0.25) is 0 Å². The molecule has 3 aliphatic carbocycles. The molecule has 3 aliphatic rings. The van der Waals surface area contributed by atoms with E-state index < -0.39 is 11.8 Å². The minimum Gasteiger partial charge on any atom is -0.486 e. The predicted octanol–water partition coefficient (Wildman–Crippen LogP) is 4.38. The van der Waals surface area contributed by atoms with E-state index in [4.69, 9.17) is 32.7 Å². The molecule has 3 fully saturated rings. The highest BCUT2D eigenvalue weighted by Gasteiger charge is 2.68. The first kappa shape index (κ1) is 24.3. The van der Waals surface area contributed by atoms with Gasteiger partial charge in [-0.3, -0.25) is 9.59 Å². The van der Waals surface area contributed by atoms with E-state index in [2.05, 4.69) is 10.1 Å². The Morgan fingerprint density at radius 2 is 1.59 bits per heavy atom. The van der Waals surface area contributed by atoms with Crippen LogP contribution in [-0.4, -0.2) is 43.5 Å². The lowest BCUT2D eigenvalue weighted by atomic mass is 9.38. The minimum atomic E-state index is -0.616. The number of ether oxygens (including phenoxy) is 3. The molecule has 5 rings (SSSR count). The third kappa shape index (κ3) is 5.13. The number of rotatable bonds is 10. The van der Waals surface area contributed by atoms with Crippen molar-refractivity contribution in [2.75, 3.05) is 20.3 Å². The number of carbonyl (C=O) groups is 3. The van der Waals surface area contributed by atoms with E-state index in [1.54, 1.807) is 6.07 Å². The highest BCUT2D eigenvalue weighted by molar-refractivity contribution is 6.33. The Bertz CT molecular complexity index is 1130. The van der Waals surface area contributed by atoms with Crippen LogP contribution < -0.4 is 14.8 Å². The Morgan fingerprint density at radius 3 is 2.24 bits per heavy atom. The third-order valence-corrected chi connectivity index (χ3v) is 6.76. The van der Waals surface area contributed by atoms with Gasteiger partial charge in [-0.2, -0.15) is 0 Å². The molecule has 1 amide bonds. The molecule has 0 unspecified atom stereocenters. The maximum Gasteiger partial charge on any atom is 0.339 e. The van der Waals surface area contributed by atoms with Crippen molar-refractivity contribution in [3.05, 3.63) is 57.8 Å². The van der Waals surface area contributed by atoms with Gasteiger partial charge in [0.05, 0.1) is 22.7 Å². The van der Waals surface area contributed by atoms with Crippen LogP contribution in [0.3, 0.4) is 0 Å². The van der Waals surface area contributed by atoms with Gasteiger partial charge in [0.1, 0.15) is 23.9 Å². The van der Waals surface area contributed by atoms with E-state index in [0.717, 1.165) is 6.07 Å². The number of amides is 1. The van der Waals surface area contributed by atoms with Gasteiger partial charge in [-0.25, -0.2) is 9.18 Å². The Hall–Kier alpha value is -2.84. The lowest BCUT2D eigenvalue weighted by molar-refractivity contribution is -0.173. The van der Waals surface area contributed by atoms with Crippen molar-refractivity contribution in [3.63, 3.8) is 0 Å². The summed E-state index contributed by atoms with van der Waals surface area (Å²) in [5.41, 5.74) is -0.264. The van der Waals surface area contributed by atoms with Crippen molar-refractivity contribution in [3.8, 4) is 11.5 Å². The largest absolute Gasteiger partial charge is 0.486 e. The number of hydrogen-bond donors (Lipinski definition) is 1. The van der Waals surface area contributed by atoms with Gasteiger partial charge in [0, 0.05) is 18.0 Å². The molecule has 0 atom stereocenters. The van der Waals surface area contributed by atoms with Gasteiger partial charge in [0.15, 0.2) is 12.4 Å². The van der Waals surface area contributed by atoms with Crippen molar-refractivity contribution in [2.45, 2.75) is 31.2 Å². The van der Waals surface area contributed by atoms with Crippen LogP contribution >= 0.6 is 23.2 Å². The number of nitrogens with one attached hydrogen (secondary N) is 1. The molecule has 1 N–H and O–H groups in total. The quantitative estimate of drug-likeness (QED) is 0.478. The summed E-state index contributed by atoms with van der Waals surface area (Å²) in [6.45, 7) is -0.369. The average molecular weight is 510 g/mol. The molecular weight excluding hydrogens is 488 g/mol. The van der Waals surface area contributed by atoms with Crippen molar-refractivity contribution in [1.82, 2.24) is 5.32 Å². The number of methoxy groups -OCH3 is 1. The molecule has 2 bridgehead atoms. The molecule has 0 saturated heterocycles. The highest BCUT2D eigenvalue weighted by atomic mass is 35.5. The lowest BCUT2D eigenvalue weighted by Gasteiger charge is -2.70. The summed E-state index contributed by atoms with van der Waals surface area (Å²) in [4.78, 5) is 36.4. The number of benzene rings is 2. The normalized spacial score (nSPS) is 22.1. The second-order valence-corrected chi connectivity index (χ2v) is 9.68. The monoisotopic (exact) mass is 509 g/mol. The third-order valence-electron chi connectivity index (χ3n) is 6.12.